The Hall–Kier alpha value is -1.59. The predicted octanol–water partition coefficient (Wildman–Crippen LogP) is 1.98. The quantitative estimate of drug-likeness (QED) is 0.789. The van der Waals surface area contributed by atoms with Crippen LogP contribution in [-0.2, 0) is 4.79 Å². The van der Waals surface area contributed by atoms with E-state index in [0.717, 1.165) is 19.5 Å². The highest BCUT2D eigenvalue weighted by molar-refractivity contribution is 6.31. The van der Waals surface area contributed by atoms with E-state index in [4.69, 9.17) is 16.7 Å². The summed E-state index contributed by atoms with van der Waals surface area (Å²) in [4.78, 5) is 22.7. The average molecular weight is 283 g/mol. The molecule has 0 spiro atoms. The highest BCUT2D eigenvalue weighted by Crippen LogP contribution is 2.20. The lowest BCUT2D eigenvalue weighted by atomic mass is 10.0. The Balaban J connectivity index is 2.01. The van der Waals surface area contributed by atoms with Crippen LogP contribution in [0.4, 0.5) is 5.69 Å². The van der Waals surface area contributed by atoms with Gasteiger partial charge in [-0.25, -0.2) is 4.79 Å². The lowest BCUT2D eigenvalue weighted by molar-refractivity contribution is -0.116. The number of hydrogen-bond donors (Lipinski definition) is 3. The summed E-state index contributed by atoms with van der Waals surface area (Å²) in [5.41, 5.74) is 0.478. The highest BCUT2D eigenvalue weighted by atomic mass is 35.5. The first-order valence-corrected chi connectivity index (χ1v) is 6.47. The van der Waals surface area contributed by atoms with Gasteiger partial charge >= 0.3 is 5.97 Å². The fraction of sp³-hybridized carbons (Fsp3) is 0.385. The van der Waals surface area contributed by atoms with Crippen molar-refractivity contribution in [1.82, 2.24) is 5.32 Å². The molecule has 3 N–H and O–H groups in total. The molecule has 1 heterocycles. The normalized spacial score (nSPS) is 18.3. The zero-order chi connectivity index (χ0) is 13.8. The second-order valence-electron chi connectivity index (χ2n) is 4.64. The van der Waals surface area contributed by atoms with E-state index < -0.39 is 5.97 Å². The molecular weight excluding hydrogens is 268 g/mol. The molecule has 2 rings (SSSR count). The second kappa shape index (κ2) is 6.04. The maximum Gasteiger partial charge on any atom is 0.335 e. The number of halogens is 1. The molecule has 6 heteroatoms. The Morgan fingerprint density at radius 2 is 2.21 bits per heavy atom. The van der Waals surface area contributed by atoms with Crippen molar-refractivity contribution in [3.63, 3.8) is 0 Å². The number of carbonyl (C=O) groups excluding carboxylic acids is 1. The van der Waals surface area contributed by atoms with E-state index in [1.807, 2.05) is 0 Å². The number of amides is 1. The van der Waals surface area contributed by atoms with Crippen molar-refractivity contribution in [2.75, 3.05) is 18.4 Å². The first-order valence-electron chi connectivity index (χ1n) is 6.09. The summed E-state index contributed by atoms with van der Waals surface area (Å²) < 4.78 is 0. The Labute approximate surface area is 116 Å². The van der Waals surface area contributed by atoms with Crippen LogP contribution in [0.15, 0.2) is 18.2 Å². The third kappa shape index (κ3) is 3.94. The molecule has 1 aromatic rings. The van der Waals surface area contributed by atoms with Crippen molar-refractivity contribution in [1.29, 1.82) is 0 Å². The third-order valence-corrected chi connectivity index (χ3v) is 3.28. The lowest BCUT2D eigenvalue weighted by Crippen LogP contribution is -2.18. The van der Waals surface area contributed by atoms with Crippen LogP contribution < -0.4 is 10.6 Å². The molecule has 0 aliphatic carbocycles. The van der Waals surface area contributed by atoms with Crippen LogP contribution in [0.5, 0.6) is 0 Å². The van der Waals surface area contributed by atoms with E-state index in [0.29, 0.717) is 18.0 Å². The predicted molar refractivity (Wildman–Crippen MR) is 72.6 cm³/mol. The molecule has 1 aliphatic heterocycles. The minimum atomic E-state index is -1.07. The van der Waals surface area contributed by atoms with Gasteiger partial charge in [-0.3, -0.25) is 4.79 Å². The molecule has 1 atom stereocenters. The van der Waals surface area contributed by atoms with E-state index >= 15 is 0 Å². The molecule has 0 aromatic heterocycles. The van der Waals surface area contributed by atoms with Crippen LogP contribution in [0, 0.1) is 5.92 Å². The molecule has 0 radical (unpaired) electrons. The first-order chi connectivity index (χ1) is 9.04. The molecule has 0 bridgehead atoms. The highest BCUT2D eigenvalue weighted by Gasteiger charge is 2.18. The molecule has 0 saturated carbocycles. The fourth-order valence-electron chi connectivity index (χ4n) is 2.15. The van der Waals surface area contributed by atoms with Crippen molar-refractivity contribution in [3.8, 4) is 0 Å². The molecule has 1 aromatic carbocycles. The Morgan fingerprint density at radius 1 is 1.42 bits per heavy atom. The van der Waals surface area contributed by atoms with Gasteiger partial charge in [0.1, 0.15) is 0 Å². The van der Waals surface area contributed by atoms with Crippen molar-refractivity contribution in [2.24, 2.45) is 5.92 Å². The van der Waals surface area contributed by atoms with Crippen LogP contribution in [0.1, 0.15) is 23.2 Å². The van der Waals surface area contributed by atoms with Gasteiger partial charge in [0.2, 0.25) is 5.91 Å². The van der Waals surface area contributed by atoms with Crippen LogP contribution in [0.25, 0.3) is 0 Å². The number of carboxylic acid groups (broad SMARTS) is 1. The van der Waals surface area contributed by atoms with Gasteiger partial charge in [-0.1, -0.05) is 11.6 Å². The summed E-state index contributed by atoms with van der Waals surface area (Å²) in [7, 11) is 0. The summed E-state index contributed by atoms with van der Waals surface area (Å²) in [5.74, 6) is -0.844. The minimum absolute atomic E-state index is 0.0605. The van der Waals surface area contributed by atoms with Crippen molar-refractivity contribution in [2.45, 2.75) is 12.8 Å². The SMILES string of the molecule is O=C(CC1CCNC1)Nc1cc(Cl)cc(C(=O)O)c1. The Morgan fingerprint density at radius 3 is 2.84 bits per heavy atom. The number of carboxylic acids is 1. The third-order valence-electron chi connectivity index (χ3n) is 3.06. The van der Waals surface area contributed by atoms with Crippen molar-refractivity contribution < 1.29 is 14.7 Å². The molecule has 1 unspecified atom stereocenters. The number of aromatic carboxylic acids is 1. The lowest BCUT2D eigenvalue weighted by Gasteiger charge is -2.10. The number of nitrogens with one attached hydrogen (secondary N) is 2. The van der Waals surface area contributed by atoms with Crippen LogP contribution >= 0.6 is 11.6 Å². The number of rotatable bonds is 4. The van der Waals surface area contributed by atoms with E-state index in [1.165, 1.54) is 12.1 Å². The monoisotopic (exact) mass is 282 g/mol. The van der Waals surface area contributed by atoms with Crippen LogP contribution in [0.3, 0.4) is 0 Å². The van der Waals surface area contributed by atoms with Gasteiger partial charge in [-0.05, 0) is 43.6 Å². The van der Waals surface area contributed by atoms with E-state index in [-0.39, 0.29) is 16.5 Å². The standard InChI is InChI=1S/C13H15ClN2O3/c14-10-4-9(13(18)19)5-11(6-10)16-12(17)3-8-1-2-15-7-8/h4-6,8,15H,1-3,7H2,(H,16,17)(H,18,19). The summed E-state index contributed by atoms with van der Waals surface area (Å²) in [5, 5.41) is 15.1. The van der Waals surface area contributed by atoms with Gasteiger partial charge in [0, 0.05) is 17.1 Å². The van der Waals surface area contributed by atoms with Crippen molar-refractivity contribution >= 4 is 29.2 Å². The van der Waals surface area contributed by atoms with Gasteiger partial charge in [-0.2, -0.15) is 0 Å². The van der Waals surface area contributed by atoms with Gasteiger partial charge in [-0.15, -0.1) is 0 Å². The smallest absolute Gasteiger partial charge is 0.335 e. The summed E-state index contributed by atoms with van der Waals surface area (Å²) in [6.07, 6.45) is 1.42. The van der Waals surface area contributed by atoms with E-state index in [9.17, 15) is 9.59 Å². The molecule has 1 saturated heterocycles. The van der Waals surface area contributed by atoms with E-state index in [2.05, 4.69) is 10.6 Å². The van der Waals surface area contributed by atoms with E-state index in [1.54, 1.807) is 6.07 Å². The number of benzene rings is 1. The molecule has 5 nitrogen and oxygen atoms in total. The molecule has 102 valence electrons. The summed E-state index contributed by atoms with van der Waals surface area (Å²) in [6.45, 7) is 1.79. The summed E-state index contributed by atoms with van der Waals surface area (Å²) >= 11 is 5.82. The van der Waals surface area contributed by atoms with Gasteiger partial charge in [0.25, 0.3) is 0 Å². The number of carbonyl (C=O) groups is 2. The molecule has 1 aliphatic rings. The van der Waals surface area contributed by atoms with Gasteiger partial charge in [0.15, 0.2) is 0 Å². The number of anilines is 1. The maximum absolute atomic E-state index is 11.8. The molecule has 1 amide bonds. The summed E-state index contributed by atoms with van der Waals surface area (Å²) in [6, 6.07) is 4.29. The molecular formula is C13H15ClN2O3. The fourth-order valence-corrected chi connectivity index (χ4v) is 2.38. The average Bonchev–Trinajstić information content (AvgIpc) is 2.80. The second-order valence-corrected chi connectivity index (χ2v) is 5.08. The minimum Gasteiger partial charge on any atom is -0.478 e. The topological polar surface area (TPSA) is 78.4 Å². The Bertz CT molecular complexity index is 499. The first kappa shape index (κ1) is 13.8. The zero-order valence-corrected chi connectivity index (χ0v) is 11.0. The van der Waals surface area contributed by atoms with Gasteiger partial charge in [0.05, 0.1) is 5.56 Å². The van der Waals surface area contributed by atoms with Crippen LogP contribution in [-0.4, -0.2) is 30.1 Å². The molecule has 1 fully saturated rings. The zero-order valence-electron chi connectivity index (χ0n) is 10.3. The number of hydrogen-bond acceptors (Lipinski definition) is 3. The maximum atomic E-state index is 11.8. The van der Waals surface area contributed by atoms with Crippen LogP contribution in [0.2, 0.25) is 5.02 Å². The largest absolute Gasteiger partial charge is 0.478 e. The van der Waals surface area contributed by atoms with Gasteiger partial charge < -0.3 is 15.7 Å². The molecule has 19 heavy (non-hydrogen) atoms. The van der Waals surface area contributed by atoms with Crippen molar-refractivity contribution in [3.05, 3.63) is 28.8 Å². The Kier molecular flexibility index (Phi) is 4.39.